The fourth-order valence-corrected chi connectivity index (χ4v) is 2.21. The van der Waals surface area contributed by atoms with E-state index in [4.69, 9.17) is 5.11 Å². The first-order valence-corrected chi connectivity index (χ1v) is 6.26. The molecule has 1 heterocycles. The van der Waals surface area contributed by atoms with Gasteiger partial charge in [0.25, 0.3) is 0 Å². The number of aliphatic hydroxyl groups excluding tert-OH is 1. The van der Waals surface area contributed by atoms with Crippen molar-refractivity contribution in [2.45, 2.75) is 39.2 Å². The van der Waals surface area contributed by atoms with Crippen LogP contribution in [0, 0.1) is 5.92 Å². The molecule has 16 heavy (non-hydrogen) atoms. The van der Waals surface area contributed by atoms with Gasteiger partial charge in [-0.3, -0.25) is 4.79 Å². The van der Waals surface area contributed by atoms with Gasteiger partial charge in [0, 0.05) is 19.0 Å². The quantitative estimate of drug-likeness (QED) is 0.700. The Morgan fingerprint density at radius 2 is 2.31 bits per heavy atom. The van der Waals surface area contributed by atoms with Gasteiger partial charge in [-0.2, -0.15) is 0 Å². The van der Waals surface area contributed by atoms with E-state index in [1.807, 2.05) is 13.8 Å². The normalized spacial score (nSPS) is 20.4. The summed E-state index contributed by atoms with van der Waals surface area (Å²) in [4.78, 5) is 13.7. The maximum Gasteiger partial charge on any atom is 0.222 e. The molecule has 0 saturated carbocycles. The lowest BCUT2D eigenvalue weighted by molar-refractivity contribution is -0.133. The summed E-state index contributed by atoms with van der Waals surface area (Å²) in [6.45, 7) is 6.63. The molecular weight excluding hydrogens is 204 g/mol. The van der Waals surface area contributed by atoms with Crippen molar-refractivity contribution in [2.75, 3.05) is 26.2 Å². The molecule has 2 N–H and O–H groups in total. The lowest BCUT2D eigenvalue weighted by Crippen LogP contribution is -2.39. The topological polar surface area (TPSA) is 52.6 Å². The van der Waals surface area contributed by atoms with Crippen molar-refractivity contribution in [1.82, 2.24) is 10.2 Å². The molecule has 0 radical (unpaired) electrons. The largest absolute Gasteiger partial charge is 0.395 e. The van der Waals surface area contributed by atoms with Gasteiger partial charge in [-0.25, -0.2) is 0 Å². The molecule has 0 bridgehead atoms. The van der Waals surface area contributed by atoms with E-state index >= 15 is 0 Å². The molecule has 4 heteroatoms. The van der Waals surface area contributed by atoms with Crippen molar-refractivity contribution in [3.8, 4) is 0 Å². The standard InChI is InChI=1S/C12H24N2O2/c1-10(2)14(7-8-15)12(16)4-3-11-5-6-13-9-11/h10-11,13,15H,3-9H2,1-2H3. The Morgan fingerprint density at radius 3 is 2.81 bits per heavy atom. The Bertz CT molecular complexity index is 213. The predicted molar refractivity (Wildman–Crippen MR) is 64.1 cm³/mol. The molecule has 0 aromatic carbocycles. The smallest absolute Gasteiger partial charge is 0.222 e. The highest BCUT2D eigenvalue weighted by atomic mass is 16.3. The van der Waals surface area contributed by atoms with Crippen molar-refractivity contribution in [1.29, 1.82) is 0 Å². The number of carbonyl (C=O) groups is 1. The summed E-state index contributed by atoms with van der Waals surface area (Å²) in [5.74, 6) is 0.836. The summed E-state index contributed by atoms with van der Waals surface area (Å²) in [5, 5.41) is 12.2. The van der Waals surface area contributed by atoms with Gasteiger partial charge in [0.2, 0.25) is 5.91 Å². The lowest BCUT2D eigenvalue weighted by atomic mass is 10.0. The van der Waals surface area contributed by atoms with Crippen LogP contribution in [0.3, 0.4) is 0 Å². The van der Waals surface area contributed by atoms with Crippen LogP contribution in [0.15, 0.2) is 0 Å². The molecule has 1 aliphatic heterocycles. The van der Waals surface area contributed by atoms with Gasteiger partial charge >= 0.3 is 0 Å². The second-order valence-corrected chi connectivity index (χ2v) is 4.80. The monoisotopic (exact) mass is 228 g/mol. The zero-order valence-electron chi connectivity index (χ0n) is 10.4. The highest BCUT2D eigenvalue weighted by Crippen LogP contribution is 2.15. The molecule has 1 saturated heterocycles. The summed E-state index contributed by atoms with van der Waals surface area (Å²) >= 11 is 0. The molecule has 1 aliphatic rings. The molecule has 0 spiro atoms. The van der Waals surface area contributed by atoms with E-state index < -0.39 is 0 Å². The summed E-state index contributed by atoms with van der Waals surface area (Å²) in [7, 11) is 0. The zero-order valence-corrected chi connectivity index (χ0v) is 10.4. The second kappa shape index (κ2) is 6.86. The maximum atomic E-state index is 11.9. The van der Waals surface area contributed by atoms with E-state index in [9.17, 15) is 4.79 Å². The van der Waals surface area contributed by atoms with Crippen LogP contribution in [0.2, 0.25) is 0 Å². The Labute approximate surface area is 98.0 Å². The van der Waals surface area contributed by atoms with Gasteiger partial charge in [0.1, 0.15) is 0 Å². The van der Waals surface area contributed by atoms with Crippen LogP contribution in [0.25, 0.3) is 0 Å². The fraction of sp³-hybridized carbons (Fsp3) is 0.917. The van der Waals surface area contributed by atoms with Crippen LogP contribution in [0.1, 0.15) is 33.1 Å². The summed E-state index contributed by atoms with van der Waals surface area (Å²) < 4.78 is 0. The average molecular weight is 228 g/mol. The first-order chi connectivity index (χ1) is 7.65. The predicted octanol–water partition coefficient (Wildman–Crippen LogP) is 0.605. The highest BCUT2D eigenvalue weighted by molar-refractivity contribution is 5.76. The Kier molecular flexibility index (Phi) is 5.77. The fourth-order valence-electron chi connectivity index (χ4n) is 2.21. The number of amides is 1. The van der Waals surface area contributed by atoms with Crippen LogP contribution in [0.5, 0.6) is 0 Å². The molecule has 1 atom stereocenters. The van der Waals surface area contributed by atoms with Crippen LogP contribution in [-0.2, 0) is 4.79 Å². The van der Waals surface area contributed by atoms with Crippen molar-refractivity contribution < 1.29 is 9.90 Å². The van der Waals surface area contributed by atoms with Crippen molar-refractivity contribution in [2.24, 2.45) is 5.92 Å². The van der Waals surface area contributed by atoms with E-state index in [0.29, 0.717) is 18.9 Å². The van der Waals surface area contributed by atoms with Gasteiger partial charge in [-0.1, -0.05) is 0 Å². The van der Waals surface area contributed by atoms with Crippen LogP contribution in [-0.4, -0.2) is 48.2 Å². The van der Waals surface area contributed by atoms with Gasteiger partial charge in [0.05, 0.1) is 6.61 Å². The molecule has 94 valence electrons. The number of rotatable bonds is 6. The minimum Gasteiger partial charge on any atom is -0.395 e. The zero-order chi connectivity index (χ0) is 12.0. The van der Waals surface area contributed by atoms with Gasteiger partial charge < -0.3 is 15.3 Å². The van der Waals surface area contributed by atoms with Gasteiger partial charge in [-0.15, -0.1) is 0 Å². The minimum absolute atomic E-state index is 0.0505. The third kappa shape index (κ3) is 4.10. The number of aliphatic hydroxyl groups is 1. The maximum absolute atomic E-state index is 11.9. The Balaban J connectivity index is 2.30. The van der Waals surface area contributed by atoms with E-state index in [2.05, 4.69) is 5.32 Å². The number of nitrogens with zero attached hydrogens (tertiary/aromatic N) is 1. The summed E-state index contributed by atoms with van der Waals surface area (Å²) in [6, 6.07) is 0.182. The third-order valence-electron chi connectivity index (χ3n) is 3.21. The van der Waals surface area contributed by atoms with E-state index in [-0.39, 0.29) is 18.6 Å². The van der Waals surface area contributed by atoms with E-state index in [0.717, 1.165) is 19.5 Å². The minimum atomic E-state index is 0.0505. The van der Waals surface area contributed by atoms with Gasteiger partial charge in [-0.05, 0) is 45.7 Å². The lowest BCUT2D eigenvalue weighted by Gasteiger charge is -2.26. The molecular formula is C12H24N2O2. The third-order valence-corrected chi connectivity index (χ3v) is 3.21. The van der Waals surface area contributed by atoms with Gasteiger partial charge in [0.15, 0.2) is 0 Å². The summed E-state index contributed by atoms with van der Waals surface area (Å²) in [5.41, 5.74) is 0. The first kappa shape index (κ1) is 13.5. The summed E-state index contributed by atoms with van der Waals surface area (Å²) in [6.07, 6.45) is 2.78. The molecule has 1 unspecified atom stereocenters. The molecule has 1 rings (SSSR count). The van der Waals surface area contributed by atoms with Crippen LogP contribution < -0.4 is 5.32 Å². The first-order valence-electron chi connectivity index (χ1n) is 6.26. The molecule has 0 aromatic rings. The van der Waals surface area contributed by atoms with E-state index in [1.165, 1.54) is 6.42 Å². The molecule has 0 aromatic heterocycles. The van der Waals surface area contributed by atoms with Crippen molar-refractivity contribution >= 4 is 5.91 Å². The molecule has 1 amide bonds. The van der Waals surface area contributed by atoms with Crippen molar-refractivity contribution in [3.05, 3.63) is 0 Å². The van der Waals surface area contributed by atoms with Crippen LogP contribution in [0.4, 0.5) is 0 Å². The Hall–Kier alpha value is -0.610. The van der Waals surface area contributed by atoms with Crippen LogP contribution >= 0.6 is 0 Å². The van der Waals surface area contributed by atoms with Crippen molar-refractivity contribution in [3.63, 3.8) is 0 Å². The number of nitrogens with one attached hydrogen (secondary N) is 1. The Morgan fingerprint density at radius 1 is 1.56 bits per heavy atom. The van der Waals surface area contributed by atoms with E-state index in [1.54, 1.807) is 4.90 Å². The molecule has 0 aliphatic carbocycles. The number of carbonyl (C=O) groups excluding carboxylic acids is 1. The second-order valence-electron chi connectivity index (χ2n) is 4.80. The molecule has 1 fully saturated rings. The number of hydrogen-bond donors (Lipinski definition) is 2. The highest BCUT2D eigenvalue weighted by Gasteiger charge is 2.19. The average Bonchev–Trinajstić information content (AvgIpc) is 2.75. The SMILES string of the molecule is CC(C)N(CCO)C(=O)CCC1CCNC1. The number of hydrogen-bond acceptors (Lipinski definition) is 3. The molecule has 4 nitrogen and oxygen atoms in total.